The Balaban J connectivity index is 1.89. The zero-order valence-electron chi connectivity index (χ0n) is 11.4. The largest absolute Gasteiger partial charge is 0.336 e. The van der Waals surface area contributed by atoms with Crippen molar-refractivity contribution in [3.63, 3.8) is 0 Å². The zero-order chi connectivity index (χ0) is 14.8. The number of halogens is 1. The van der Waals surface area contributed by atoms with E-state index in [4.69, 9.17) is 0 Å². The van der Waals surface area contributed by atoms with Gasteiger partial charge in [-0.1, -0.05) is 24.3 Å². The molecule has 3 aromatic rings. The normalized spacial score (nSPS) is 10.8. The first-order chi connectivity index (χ1) is 10.1. The van der Waals surface area contributed by atoms with E-state index >= 15 is 0 Å². The predicted octanol–water partition coefficient (Wildman–Crippen LogP) is 4.33. The van der Waals surface area contributed by atoms with Gasteiger partial charge in [-0.15, -0.1) is 11.3 Å². The minimum Gasteiger partial charge on any atom is -0.336 e. The van der Waals surface area contributed by atoms with Crippen molar-refractivity contribution in [1.82, 2.24) is 9.88 Å². The van der Waals surface area contributed by atoms with E-state index in [1.54, 1.807) is 29.5 Å². The monoisotopic (exact) mass is 360 g/mol. The van der Waals surface area contributed by atoms with Gasteiger partial charge in [0, 0.05) is 25.2 Å². The summed E-state index contributed by atoms with van der Waals surface area (Å²) in [5.41, 5.74) is 1.62. The molecular formula is C16H13BrN2OS. The fourth-order valence-electron chi connectivity index (χ4n) is 2.25. The number of carbonyl (C=O) groups excluding carboxylic acids is 1. The smallest absolute Gasteiger partial charge is 0.273 e. The number of hydrogen-bond donors (Lipinski definition) is 0. The van der Waals surface area contributed by atoms with Crippen molar-refractivity contribution in [3.05, 3.63) is 63.0 Å². The molecule has 5 heteroatoms. The standard InChI is InChI=1S/C16H13BrN2OS/c1-19(9-11-8-14(17)21-10-11)16(20)15-13-5-3-2-4-12(13)6-7-18-15/h2-8,10H,9H2,1H3. The Morgan fingerprint density at radius 3 is 2.90 bits per heavy atom. The third kappa shape index (κ3) is 2.99. The van der Waals surface area contributed by atoms with Crippen LogP contribution in [0.4, 0.5) is 0 Å². The summed E-state index contributed by atoms with van der Waals surface area (Å²) >= 11 is 5.06. The van der Waals surface area contributed by atoms with Gasteiger partial charge in [-0.3, -0.25) is 9.78 Å². The second-order valence-corrected chi connectivity index (χ2v) is 7.09. The van der Waals surface area contributed by atoms with Crippen LogP contribution in [0.1, 0.15) is 16.1 Å². The SMILES string of the molecule is CN(Cc1csc(Br)c1)C(=O)c1nccc2ccccc12. The molecule has 2 heterocycles. The molecule has 0 saturated heterocycles. The minimum absolute atomic E-state index is 0.0610. The maximum Gasteiger partial charge on any atom is 0.273 e. The highest BCUT2D eigenvalue weighted by Crippen LogP contribution is 2.23. The summed E-state index contributed by atoms with van der Waals surface area (Å²) in [5.74, 6) is -0.0610. The van der Waals surface area contributed by atoms with Gasteiger partial charge >= 0.3 is 0 Å². The highest BCUT2D eigenvalue weighted by Gasteiger charge is 2.16. The van der Waals surface area contributed by atoms with Crippen molar-refractivity contribution >= 4 is 43.9 Å². The van der Waals surface area contributed by atoms with Crippen LogP contribution >= 0.6 is 27.3 Å². The number of nitrogens with zero attached hydrogens (tertiary/aromatic N) is 2. The highest BCUT2D eigenvalue weighted by molar-refractivity contribution is 9.11. The molecule has 3 nitrogen and oxygen atoms in total. The van der Waals surface area contributed by atoms with Gasteiger partial charge in [0.2, 0.25) is 0 Å². The van der Waals surface area contributed by atoms with Gasteiger partial charge in [-0.25, -0.2) is 0 Å². The van der Waals surface area contributed by atoms with Crippen molar-refractivity contribution in [2.24, 2.45) is 0 Å². The Morgan fingerprint density at radius 2 is 2.14 bits per heavy atom. The lowest BCUT2D eigenvalue weighted by molar-refractivity contribution is 0.0781. The molecule has 0 N–H and O–H groups in total. The number of amides is 1. The molecule has 3 rings (SSSR count). The van der Waals surface area contributed by atoms with E-state index in [0.717, 1.165) is 20.1 Å². The molecule has 0 spiro atoms. The van der Waals surface area contributed by atoms with Crippen LogP contribution in [0.5, 0.6) is 0 Å². The fraction of sp³-hybridized carbons (Fsp3) is 0.125. The molecule has 0 unspecified atom stereocenters. The minimum atomic E-state index is -0.0610. The molecule has 0 radical (unpaired) electrons. The second-order valence-electron chi connectivity index (χ2n) is 4.80. The van der Waals surface area contributed by atoms with Crippen LogP contribution in [-0.2, 0) is 6.54 Å². The first-order valence-corrected chi connectivity index (χ1v) is 8.14. The van der Waals surface area contributed by atoms with Gasteiger partial charge in [0.05, 0.1) is 3.79 Å². The molecule has 1 amide bonds. The van der Waals surface area contributed by atoms with Crippen LogP contribution in [-0.4, -0.2) is 22.8 Å². The molecule has 2 aromatic heterocycles. The summed E-state index contributed by atoms with van der Waals surface area (Å²) in [4.78, 5) is 18.6. The van der Waals surface area contributed by atoms with Gasteiger partial charge in [0.15, 0.2) is 0 Å². The summed E-state index contributed by atoms with van der Waals surface area (Å²) < 4.78 is 1.07. The summed E-state index contributed by atoms with van der Waals surface area (Å²) in [6.07, 6.45) is 1.69. The molecule has 21 heavy (non-hydrogen) atoms. The van der Waals surface area contributed by atoms with Crippen molar-refractivity contribution in [2.45, 2.75) is 6.54 Å². The van der Waals surface area contributed by atoms with Crippen molar-refractivity contribution in [1.29, 1.82) is 0 Å². The lowest BCUT2D eigenvalue weighted by Crippen LogP contribution is -2.27. The molecule has 106 valence electrons. The Morgan fingerprint density at radius 1 is 1.33 bits per heavy atom. The number of hydrogen-bond acceptors (Lipinski definition) is 3. The molecule has 0 fully saturated rings. The number of pyridine rings is 1. The summed E-state index contributed by atoms with van der Waals surface area (Å²) in [7, 11) is 1.80. The van der Waals surface area contributed by atoms with Gasteiger partial charge in [-0.2, -0.15) is 0 Å². The van der Waals surface area contributed by atoms with Crippen LogP contribution in [0.3, 0.4) is 0 Å². The first-order valence-electron chi connectivity index (χ1n) is 6.47. The quantitative estimate of drug-likeness (QED) is 0.696. The predicted molar refractivity (Wildman–Crippen MR) is 89.6 cm³/mol. The number of rotatable bonds is 3. The number of aromatic nitrogens is 1. The lowest BCUT2D eigenvalue weighted by Gasteiger charge is -2.16. The maximum absolute atomic E-state index is 12.6. The van der Waals surface area contributed by atoms with Gasteiger partial charge in [0.1, 0.15) is 5.69 Å². The topological polar surface area (TPSA) is 33.2 Å². The van der Waals surface area contributed by atoms with Crippen LogP contribution in [0, 0.1) is 0 Å². The van der Waals surface area contributed by atoms with Crippen LogP contribution in [0.25, 0.3) is 10.8 Å². The third-order valence-electron chi connectivity index (χ3n) is 3.26. The summed E-state index contributed by atoms with van der Waals surface area (Å²) in [5, 5.41) is 3.97. The number of thiophene rings is 1. The summed E-state index contributed by atoms with van der Waals surface area (Å²) in [6, 6.07) is 11.8. The Hall–Kier alpha value is -1.72. The van der Waals surface area contributed by atoms with Crippen molar-refractivity contribution in [2.75, 3.05) is 7.05 Å². The van der Waals surface area contributed by atoms with E-state index in [9.17, 15) is 4.79 Å². The van der Waals surface area contributed by atoms with Crippen LogP contribution in [0.2, 0.25) is 0 Å². The second kappa shape index (κ2) is 5.95. The molecule has 0 saturated carbocycles. The molecule has 1 aromatic carbocycles. The number of benzene rings is 1. The van der Waals surface area contributed by atoms with E-state index < -0.39 is 0 Å². The summed E-state index contributed by atoms with van der Waals surface area (Å²) in [6.45, 7) is 0.575. The molecule has 0 bridgehead atoms. The van der Waals surface area contributed by atoms with E-state index in [-0.39, 0.29) is 5.91 Å². The van der Waals surface area contributed by atoms with Gasteiger partial charge in [-0.05, 0) is 44.4 Å². The number of carbonyl (C=O) groups is 1. The molecule has 0 aliphatic carbocycles. The highest BCUT2D eigenvalue weighted by atomic mass is 79.9. The van der Waals surface area contributed by atoms with Crippen molar-refractivity contribution < 1.29 is 4.79 Å². The van der Waals surface area contributed by atoms with Crippen molar-refractivity contribution in [3.8, 4) is 0 Å². The third-order valence-corrected chi connectivity index (χ3v) is 4.82. The Kier molecular flexibility index (Phi) is 4.03. The molecule has 0 aliphatic heterocycles. The van der Waals surface area contributed by atoms with Crippen LogP contribution < -0.4 is 0 Å². The van der Waals surface area contributed by atoms with E-state index in [1.165, 1.54) is 0 Å². The molecular weight excluding hydrogens is 348 g/mol. The van der Waals surface area contributed by atoms with E-state index in [2.05, 4.69) is 20.9 Å². The van der Waals surface area contributed by atoms with Gasteiger partial charge < -0.3 is 4.90 Å². The van der Waals surface area contributed by atoms with Gasteiger partial charge in [0.25, 0.3) is 5.91 Å². The number of fused-ring (bicyclic) bond motifs is 1. The fourth-order valence-corrected chi connectivity index (χ4v) is 3.45. The Labute approximate surface area is 135 Å². The van der Waals surface area contributed by atoms with E-state index in [1.807, 2.05) is 41.8 Å². The first kappa shape index (κ1) is 14.2. The van der Waals surface area contributed by atoms with E-state index in [0.29, 0.717) is 12.2 Å². The average Bonchev–Trinajstić information content (AvgIpc) is 2.91. The molecule has 0 aliphatic rings. The Bertz CT molecular complexity index is 794. The van der Waals surface area contributed by atoms with Crippen LogP contribution in [0.15, 0.2) is 51.8 Å². The lowest BCUT2D eigenvalue weighted by atomic mass is 10.1. The maximum atomic E-state index is 12.6. The zero-order valence-corrected chi connectivity index (χ0v) is 13.8. The average molecular weight is 361 g/mol. The molecule has 0 atom stereocenters.